The highest BCUT2D eigenvalue weighted by Gasteiger charge is 2.16. The van der Waals surface area contributed by atoms with Crippen molar-refractivity contribution in [1.29, 1.82) is 0 Å². The molecule has 1 rings (SSSR count). The van der Waals surface area contributed by atoms with Gasteiger partial charge in [-0.2, -0.15) is 11.8 Å². The van der Waals surface area contributed by atoms with Crippen molar-refractivity contribution in [2.75, 3.05) is 19.8 Å². The molecule has 1 atom stereocenters. The van der Waals surface area contributed by atoms with Crippen LogP contribution >= 0.6 is 23.1 Å². The van der Waals surface area contributed by atoms with Crippen molar-refractivity contribution >= 4 is 33.1 Å². The molecule has 98 valence electrons. The smallest absolute Gasteiger partial charge is 0.241 e. The minimum absolute atomic E-state index is 0.278. The van der Waals surface area contributed by atoms with Gasteiger partial charge in [0.1, 0.15) is 0 Å². The van der Waals surface area contributed by atoms with Gasteiger partial charge in [0, 0.05) is 28.6 Å². The molecule has 17 heavy (non-hydrogen) atoms. The Labute approximate surface area is 111 Å². The normalized spacial score (nSPS) is 13.8. The summed E-state index contributed by atoms with van der Waals surface area (Å²) in [6.45, 7) is 3.15. The number of rotatable bonds is 7. The summed E-state index contributed by atoms with van der Waals surface area (Å²) < 4.78 is 26.5. The fourth-order valence-electron chi connectivity index (χ4n) is 1.16. The van der Waals surface area contributed by atoms with Crippen molar-refractivity contribution in [3.63, 3.8) is 0 Å². The summed E-state index contributed by atoms with van der Waals surface area (Å²) in [4.78, 5) is 1.38. The molecular weight excluding hydrogens is 276 g/mol. The zero-order chi connectivity index (χ0) is 12.9. The molecule has 0 bridgehead atoms. The fraction of sp³-hybridized carbons (Fsp3) is 0.600. The van der Waals surface area contributed by atoms with Crippen LogP contribution in [-0.2, 0) is 16.6 Å². The van der Waals surface area contributed by atoms with Gasteiger partial charge in [0.15, 0.2) is 0 Å². The lowest BCUT2D eigenvalue weighted by atomic mass is 10.5. The van der Waals surface area contributed by atoms with E-state index in [0.717, 1.165) is 4.88 Å². The molecule has 0 saturated heterocycles. The van der Waals surface area contributed by atoms with Gasteiger partial charge in [0.25, 0.3) is 0 Å². The van der Waals surface area contributed by atoms with E-state index in [1.165, 1.54) is 11.3 Å². The zero-order valence-electron chi connectivity index (χ0n) is 10.2. The van der Waals surface area contributed by atoms with E-state index in [-0.39, 0.29) is 5.25 Å². The van der Waals surface area contributed by atoms with E-state index in [1.54, 1.807) is 23.2 Å². The van der Waals surface area contributed by atoms with Crippen molar-refractivity contribution in [2.24, 2.45) is 0 Å². The van der Waals surface area contributed by atoms with Crippen LogP contribution in [0.5, 0.6) is 0 Å². The highest BCUT2D eigenvalue weighted by molar-refractivity contribution is 7.99. The van der Waals surface area contributed by atoms with E-state index in [9.17, 15) is 8.42 Å². The van der Waals surface area contributed by atoms with Crippen LogP contribution in [0.15, 0.2) is 16.3 Å². The van der Waals surface area contributed by atoms with Crippen LogP contribution < -0.4 is 10.0 Å². The maximum atomic E-state index is 11.9. The van der Waals surface area contributed by atoms with Crippen LogP contribution in [0, 0.1) is 0 Å². The van der Waals surface area contributed by atoms with Crippen molar-refractivity contribution in [1.82, 2.24) is 10.0 Å². The summed E-state index contributed by atoms with van der Waals surface area (Å²) in [6, 6.07) is 1.72. The Bertz CT molecular complexity index is 442. The molecule has 0 spiro atoms. The Balaban J connectivity index is 2.68. The highest BCUT2D eigenvalue weighted by Crippen LogP contribution is 2.19. The zero-order valence-corrected chi connectivity index (χ0v) is 12.6. The molecule has 0 fully saturated rings. The molecule has 0 aromatic carbocycles. The van der Waals surface area contributed by atoms with Crippen LogP contribution in [0.2, 0.25) is 0 Å². The van der Waals surface area contributed by atoms with Gasteiger partial charge in [-0.05, 0) is 19.4 Å². The van der Waals surface area contributed by atoms with E-state index >= 15 is 0 Å². The van der Waals surface area contributed by atoms with E-state index < -0.39 is 10.0 Å². The Morgan fingerprint density at radius 2 is 2.24 bits per heavy atom. The largest absolute Gasteiger partial charge is 0.315 e. The summed E-state index contributed by atoms with van der Waals surface area (Å²) in [6.07, 6.45) is 1.97. The quantitative estimate of drug-likeness (QED) is 0.800. The summed E-state index contributed by atoms with van der Waals surface area (Å²) in [5.74, 6) is 0. The molecule has 2 N–H and O–H groups in total. The third kappa shape index (κ3) is 4.59. The number of sulfonamides is 1. The van der Waals surface area contributed by atoms with Gasteiger partial charge in [-0.15, -0.1) is 11.3 Å². The summed E-state index contributed by atoms with van der Waals surface area (Å²) >= 11 is 3.09. The van der Waals surface area contributed by atoms with Crippen LogP contribution in [-0.4, -0.2) is 33.5 Å². The standard InChI is InChI=1S/C10H18N2O2S3/c1-8(15-3)5-12-17(13,14)10-4-9(6-11-2)16-7-10/h4,7-8,11-12H,5-6H2,1-3H3. The Hall–Kier alpha value is -0.0800. The van der Waals surface area contributed by atoms with Crippen molar-refractivity contribution in [2.45, 2.75) is 23.6 Å². The second-order valence-electron chi connectivity index (χ2n) is 3.68. The molecule has 0 radical (unpaired) electrons. The molecule has 4 nitrogen and oxygen atoms in total. The lowest BCUT2D eigenvalue weighted by Gasteiger charge is -2.09. The molecular formula is C10H18N2O2S3. The van der Waals surface area contributed by atoms with Crippen molar-refractivity contribution < 1.29 is 8.42 Å². The van der Waals surface area contributed by atoms with E-state index in [4.69, 9.17) is 0 Å². The molecule has 1 aromatic heterocycles. The third-order valence-corrected chi connectivity index (χ3v) is 5.71. The first-order valence-corrected chi connectivity index (χ1v) is 8.89. The first-order chi connectivity index (χ1) is 7.99. The number of hydrogen-bond acceptors (Lipinski definition) is 5. The first kappa shape index (κ1) is 15.0. The van der Waals surface area contributed by atoms with E-state index in [1.807, 2.05) is 20.2 Å². The van der Waals surface area contributed by atoms with Gasteiger partial charge in [0.2, 0.25) is 10.0 Å². The van der Waals surface area contributed by atoms with E-state index in [0.29, 0.717) is 18.0 Å². The van der Waals surface area contributed by atoms with Gasteiger partial charge < -0.3 is 5.32 Å². The van der Waals surface area contributed by atoms with E-state index in [2.05, 4.69) is 10.0 Å². The predicted molar refractivity (Wildman–Crippen MR) is 75.2 cm³/mol. The maximum absolute atomic E-state index is 11.9. The third-order valence-electron chi connectivity index (χ3n) is 2.25. The molecule has 0 aliphatic carbocycles. The van der Waals surface area contributed by atoms with Crippen LogP contribution in [0.3, 0.4) is 0 Å². The van der Waals surface area contributed by atoms with Gasteiger partial charge in [-0.1, -0.05) is 6.92 Å². The first-order valence-electron chi connectivity index (χ1n) is 5.24. The molecule has 7 heteroatoms. The van der Waals surface area contributed by atoms with Crippen molar-refractivity contribution in [3.8, 4) is 0 Å². The SMILES string of the molecule is CNCc1cc(S(=O)(=O)NCC(C)SC)cs1. The lowest BCUT2D eigenvalue weighted by Crippen LogP contribution is -2.29. The summed E-state index contributed by atoms with van der Waals surface area (Å²) in [5, 5.41) is 4.96. The molecule has 0 aliphatic heterocycles. The van der Waals surface area contributed by atoms with Gasteiger partial charge in [-0.25, -0.2) is 13.1 Å². The molecule has 0 saturated carbocycles. The minimum atomic E-state index is -3.34. The molecule has 1 aromatic rings. The molecule has 0 amide bonds. The second-order valence-corrected chi connectivity index (χ2v) is 7.72. The fourth-order valence-corrected chi connectivity index (χ4v) is 3.93. The van der Waals surface area contributed by atoms with Crippen LogP contribution in [0.1, 0.15) is 11.8 Å². The van der Waals surface area contributed by atoms with Gasteiger partial charge in [0.05, 0.1) is 4.90 Å². The van der Waals surface area contributed by atoms with Gasteiger partial charge >= 0.3 is 0 Å². The molecule has 1 unspecified atom stereocenters. The Morgan fingerprint density at radius 1 is 1.53 bits per heavy atom. The minimum Gasteiger partial charge on any atom is -0.315 e. The maximum Gasteiger partial charge on any atom is 0.241 e. The van der Waals surface area contributed by atoms with Crippen LogP contribution in [0.25, 0.3) is 0 Å². The number of hydrogen-bond donors (Lipinski definition) is 2. The predicted octanol–water partition coefficient (Wildman–Crippen LogP) is 1.50. The summed E-state index contributed by atoms with van der Waals surface area (Å²) in [7, 11) is -1.50. The highest BCUT2D eigenvalue weighted by atomic mass is 32.2. The summed E-state index contributed by atoms with van der Waals surface area (Å²) in [5.41, 5.74) is 0. The molecule has 0 aliphatic rings. The number of thioether (sulfide) groups is 1. The number of thiophene rings is 1. The Kier molecular flexibility index (Phi) is 5.94. The number of nitrogens with one attached hydrogen (secondary N) is 2. The van der Waals surface area contributed by atoms with Gasteiger partial charge in [-0.3, -0.25) is 0 Å². The lowest BCUT2D eigenvalue weighted by molar-refractivity contribution is 0.581. The second kappa shape index (κ2) is 6.75. The average molecular weight is 294 g/mol. The molecule has 1 heterocycles. The monoisotopic (exact) mass is 294 g/mol. The van der Waals surface area contributed by atoms with Crippen molar-refractivity contribution in [3.05, 3.63) is 16.3 Å². The van der Waals surface area contributed by atoms with Crippen LogP contribution in [0.4, 0.5) is 0 Å². The Morgan fingerprint density at radius 3 is 2.82 bits per heavy atom. The average Bonchev–Trinajstić information content (AvgIpc) is 2.76. The topological polar surface area (TPSA) is 58.2 Å².